The normalized spacial score (nSPS) is 10.7. The van der Waals surface area contributed by atoms with E-state index in [4.69, 9.17) is 5.73 Å². The summed E-state index contributed by atoms with van der Waals surface area (Å²) in [4.78, 5) is 0. The molecule has 0 bridgehead atoms. The number of nitrogens with two attached hydrogens (primary N) is 1. The summed E-state index contributed by atoms with van der Waals surface area (Å²) in [6.07, 6.45) is 2.81. The summed E-state index contributed by atoms with van der Waals surface area (Å²) < 4.78 is 2.76. The first kappa shape index (κ1) is 11.2. The number of nitrogens with zero attached hydrogens (tertiary/aromatic N) is 2. The van der Waals surface area contributed by atoms with Crippen molar-refractivity contribution in [3.05, 3.63) is 34.4 Å². The van der Waals surface area contributed by atoms with Crippen LogP contribution in [0.5, 0.6) is 0 Å². The number of nitrogen functional groups attached to an aromatic ring is 1. The van der Waals surface area contributed by atoms with E-state index >= 15 is 0 Å². The van der Waals surface area contributed by atoms with E-state index in [1.165, 1.54) is 5.56 Å². The molecule has 0 atom stereocenters. The maximum Gasteiger partial charge on any atom is 0.129 e. The third-order valence-electron chi connectivity index (χ3n) is 2.66. The minimum absolute atomic E-state index is 0.695. The molecule has 0 aliphatic heterocycles. The van der Waals surface area contributed by atoms with Crippen molar-refractivity contribution in [1.82, 2.24) is 9.78 Å². The van der Waals surface area contributed by atoms with Gasteiger partial charge in [-0.25, -0.2) is 0 Å². The van der Waals surface area contributed by atoms with Gasteiger partial charge in [0.05, 0.1) is 6.20 Å². The first-order valence-corrected chi connectivity index (χ1v) is 5.98. The Kier molecular flexibility index (Phi) is 3.01. The highest BCUT2D eigenvalue weighted by molar-refractivity contribution is 9.10. The molecule has 0 fully saturated rings. The monoisotopic (exact) mass is 279 g/mol. The minimum Gasteiger partial charge on any atom is -0.383 e. The van der Waals surface area contributed by atoms with Crippen LogP contribution in [0.4, 0.5) is 5.82 Å². The Morgan fingerprint density at radius 2 is 2.12 bits per heavy atom. The Morgan fingerprint density at radius 1 is 1.38 bits per heavy atom. The van der Waals surface area contributed by atoms with Crippen molar-refractivity contribution in [2.24, 2.45) is 7.05 Å². The average molecular weight is 280 g/mol. The maximum absolute atomic E-state index is 5.96. The fourth-order valence-corrected chi connectivity index (χ4v) is 2.22. The fourth-order valence-electron chi connectivity index (χ4n) is 1.68. The Balaban J connectivity index is 2.55. The van der Waals surface area contributed by atoms with Crippen molar-refractivity contribution in [2.75, 3.05) is 5.73 Å². The lowest BCUT2D eigenvalue weighted by molar-refractivity contribution is 0.779. The van der Waals surface area contributed by atoms with Crippen LogP contribution in [0, 0.1) is 0 Å². The van der Waals surface area contributed by atoms with Gasteiger partial charge >= 0.3 is 0 Å². The van der Waals surface area contributed by atoms with Crippen LogP contribution in [0.3, 0.4) is 0 Å². The van der Waals surface area contributed by atoms with Gasteiger partial charge in [0.15, 0.2) is 0 Å². The summed E-state index contributed by atoms with van der Waals surface area (Å²) in [5, 5.41) is 4.15. The first-order valence-electron chi connectivity index (χ1n) is 5.19. The van der Waals surface area contributed by atoms with Gasteiger partial charge in [-0.05, 0) is 29.7 Å². The van der Waals surface area contributed by atoms with Gasteiger partial charge in [-0.3, -0.25) is 4.68 Å². The van der Waals surface area contributed by atoms with E-state index in [0.717, 1.165) is 22.0 Å². The van der Waals surface area contributed by atoms with Crippen LogP contribution in [0.25, 0.3) is 11.1 Å². The Morgan fingerprint density at radius 3 is 2.69 bits per heavy atom. The molecule has 1 heterocycles. The highest BCUT2D eigenvalue weighted by atomic mass is 79.9. The van der Waals surface area contributed by atoms with Crippen molar-refractivity contribution in [3.63, 3.8) is 0 Å². The van der Waals surface area contributed by atoms with Gasteiger partial charge in [0.25, 0.3) is 0 Å². The first-order chi connectivity index (χ1) is 7.61. The SMILES string of the molecule is CCc1cc(Br)cc(-c2cnn(C)c2N)c1. The largest absolute Gasteiger partial charge is 0.383 e. The van der Waals surface area contributed by atoms with Crippen molar-refractivity contribution in [1.29, 1.82) is 0 Å². The minimum atomic E-state index is 0.695. The molecule has 2 aromatic rings. The summed E-state index contributed by atoms with van der Waals surface area (Å²) in [5.74, 6) is 0.695. The van der Waals surface area contributed by atoms with Crippen molar-refractivity contribution in [2.45, 2.75) is 13.3 Å². The summed E-state index contributed by atoms with van der Waals surface area (Å²) in [5.41, 5.74) is 9.34. The van der Waals surface area contributed by atoms with Crippen molar-refractivity contribution >= 4 is 21.7 Å². The third-order valence-corrected chi connectivity index (χ3v) is 3.12. The molecule has 4 heteroatoms. The second-order valence-corrected chi connectivity index (χ2v) is 4.68. The molecule has 84 valence electrons. The molecule has 2 N–H and O–H groups in total. The second kappa shape index (κ2) is 4.29. The number of aromatic nitrogens is 2. The number of hydrogen-bond acceptors (Lipinski definition) is 2. The zero-order chi connectivity index (χ0) is 11.7. The lowest BCUT2D eigenvalue weighted by atomic mass is 10.0. The zero-order valence-corrected chi connectivity index (χ0v) is 11.0. The Bertz CT molecular complexity index is 517. The standard InChI is InChI=1S/C12H14BrN3/c1-3-8-4-9(6-10(13)5-8)11-7-15-16(2)12(11)14/h4-7H,3,14H2,1-2H3. The molecule has 1 aromatic heterocycles. The number of rotatable bonds is 2. The lowest BCUT2D eigenvalue weighted by Crippen LogP contribution is -1.98. The summed E-state index contributed by atoms with van der Waals surface area (Å²) in [7, 11) is 1.84. The predicted octanol–water partition coefficient (Wildman–Crippen LogP) is 2.99. The van der Waals surface area contributed by atoms with E-state index in [2.05, 4.69) is 46.2 Å². The highest BCUT2D eigenvalue weighted by Crippen LogP contribution is 2.29. The van der Waals surface area contributed by atoms with Crippen LogP contribution in [-0.4, -0.2) is 9.78 Å². The van der Waals surface area contributed by atoms with Gasteiger partial charge < -0.3 is 5.73 Å². The number of hydrogen-bond donors (Lipinski definition) is 1. The molecule has 0 unspecified atom stereocenters. The molecule has 0 aliphatic rings. The molecule has 3 nitrogen and oxygen atoms in total. The third kappa shape index (κ3) is 1.97. The number of halogens is 1. The van der Waals surface area contributed by atoms with E-state index in [1.807, 2.05) is 7.05 Å². The summed E-state index contributed by atoms with van der Waals surface area (Å²) in [6.45, 7) is 2.14. The molecule has 0 saturated carbocycles. The lowest BCUT2D eigenvalue weighted by Gasteiger charge is -2.05. The molecule has 0 amide bonds. The van der Waals surface area contributed by atoms with Crippen LogP contribution >= 0.6 is 15.9 Å². The van der Waals surface area contributed by atoms with Gasteiger partial charge in [0, 0.05) is 17.1 Å². The van der Waals surface area contributed by atoms with E-state index in [-0.39, 0.29) is 0 Å². The maximum atomic E-state index is 5.96. The van der Waals surface area contributed by atoms with Crippen LogP contribution in [-0.2, 0) is 13.5 Å². The van der Waals surface area contributed by atoms with E-state index in [1.54, 1.807) is 10.9 Å². The molecule has 0 spiro atoms. The fraction of sp³-hybridized carbons (Fsp3) is 0.250. The van der Waals surface area contributed by atoms with E-state index < -0.39 is 0 Å². The molecule has 1 aromatic carbocycles. The van der Waals surface area contributed by atoms with E-state index in [0.29, 0.717) is 5.82 Å². The highest BCUT2D eigenvalue weighted by Gasteiger charge is 2.08. The van der Waals surface area contributed by atoms with Crippen molar-refractivity contribution < 1.29 is 0 Å². The quantitative estimate of drug-likeness (QED) is 0.919. The topological polar surface area (TPSA) is 43.8 Å². The van der Waals surface area contributed by atoms with Gasteiger partial charge in [-0.15, -0.1) is 0 Å². The molecule has 0 aliphatic carbocycles. The average Bonchev–Trinajstić information content (AvgIpc) is 2.59. The van der Waals surface area contributed by atoms with Gasteiger partial charge in [-0.2, -0.15) is 5.10 Å². The van der Waals surface area contributed by atoms with E-state index in [9.17, 15) is 0 Å². The number of benzene rings is 1. The predicted molar refractivity (Wildman–Crippen MR) is 70.1 cm³/mol. The number of anilines is 1. The van der Waals surface area contributed by atoms with Crippen molar-refractivity contribution in [3.8, 4) is 11.1 Å². The molecular weight excluding hydrogens is 266 g/mol. The number of aryl methyl sites for hydroxylation is 2. The van der Waals surface area contributed by atoms with Crippen LogP contribution in [0.15, 0.2) is 28.9 Å². The van der Waals surface area contributed by atoms with Gasteiger partial charge in [-0.1, -0.05) is 28.9 Å². The van der Waals surface area contributed by atoms with Gasteiger partial charge in [0.2, 0.25) is 0 Å². The van der Waals surface area contributed by atoms with Crippen LogP contribution in [0.2, 0.25) is 0 Å². The van der Waals surface area contributed by atoms with Crippen LogP contribution in [0.1, 0.15) is 12.5 Å². The smallest absolute Gasteiger partial charge is 0.129 e. The summed E-state index contributed by atoms with van der Waals surface area (Å²) >= 11 is 3.51. The molecule has 0 radical (unpaired) electrons. The molecular formula is C12H14BrN3. The Hall–Kier alpha value is -1.29. The van der Waals surface area contributed by atoms with Crippen LogP contribution < -0.4 is 5.73 Å². The molecule has 0 saturated heterocycles. The Labute approximate surface area is 103 Å². The summed E-state index contributed by atoms with van der Waals surface area (Å²) in [6, 6.07) is 6.33. The van der Waals surface area contributed by atoms with Gasteiger partial charge in [0.1, 0.15) is 5.82 Å². The zero-order valence-electron chi connectivity index (χ0n) is 9.37. The second-order valence-electron chi connectivity index (χ2n) is 3.77. The molecule has 2 rings (SSSR count). The molecule has 16 heavy (non-hydrogen) atoms.